The van der Waals surface area contributed by atoms with Crippen molar-refractivity contribution in [2.24, 2.45) is 0 Å². The fourth-order valence-corrected chi connectivity index (χ4v) is 3.07. The minimum atomic E-state index is -0.893. The van der Waals surface area contributed by atoms with E-state index >= 15 is 0 Å². The maximum Gasteiger partial charge on any atom is 0.310 e. The van der Waals surface area contributed by atoms with Crippen molar-refractivity contribution >= 4 is 11.8 Å². The predicted octanol–water partition coefficient (Wildman–Crippen LogP) is 3.21. The van der Waals surface area contributed by atoms with Crippen LogP contribution in [0.15, 0.2) is 36.4 Å². The Morgan fingerprint density at radius 2 is 1.87 bits per heavy atom. The molecule has 0 amide bonds. The molecule has 4 heteroatoms. The molecule has 2 aromatic rings. The summed E-state index contributed by atoms with van der Waals surface area (Å²) in [7, 11) is 1.51. The molecule has 1 N–H and O–H groups in total. The maximum atomic E-state index is 12.9. The average Bonchev–Trinajstić information content (AvgIpc) is 2.71. The van der Waals surface area contributed by atoms with Crippen LogP contribution in [0, 0.1) is 0 Å². The summed E-state index contributed by atoms with van der Waals surface area (Å²) in [6, 6.07) is 11.1. The number of carboxylic acid groups (broad SMARTS) is 1. The number of aryl methyl sites for hydroxylation is 2. The van der Waals surface area contributed by atoms with E-state index in [2.05, 4.69) is 0 Å². The van der Waals surface area contributed by atoms with Crippen LogP contribution in [-0.2, 0) is 17.6 Å². The van der Waals surface area contributed by atoms with E-state index in [1.54, 1.807) is 13.0 Å². The number of ether oxygens (including phenoxy) is 1. The van der Waals surface area contributed by atoms with Gasteiger partial charge in [0.05, 0.1) is 18.6 Å². The summed E-state index contributed by atoms with van der Waals surface area (Å²) in [6.45, 7) is 1.64. The minimum absolute atomic E-state index is 0.0560. The van der Waals surface area contributed by atoms with Crippen LogP contribution in [0.2, 0.25) is 0 Å². The first-order valence-corrected chi connectivity index (χ1v) is 7.59. The SMILES string of the molecule is COc1cc(C(C)C(=O)O)cc2c1C(=O)c1ccccc1CC2. The number of carbonyl (C=O) groups is 2. The Hall–Kier alpha value is -2.62. The predicted molar refractivity (Wildman–Crippen MR) is 86.3 cm³/mol. The maximum absolute atomic E-state index is 12.9. The number of ketones is 1. The summed E-state index contributed by atoms with van der Waals surface area (Å²) in [5, 5.41) is 9.24. The van der Waals surface area contributed by atoms with Gasteiger partial charge in [0.2, 0.25) is 0 Å². The van der Waals surface area contributed by atoms with Gasteiger partial charge in [-0.05, 0) is 42.5 Å². The lowest BCUT2D eigenvalue weighted by Gasteiger charge is -2.15. The number of fused-ring (bicyclic) bond motifs is 2. The molecular formula is C19H18O4. The Kier molecular flexibility index (Phi) is 3.90. The summed E-state index contributed by atoms with van der Waals surface area (Å²) in [5.74, 6) is -1.14. The molecule has 0 heterocycles. The zero-order chi connectivity index (χ0) is 16.6. The second-order valence-electron chi connectivity index (χ2n) is 5.80. The molecule has 0 spiro atoms. The highest BCUT2D eigenvalue weighted by Crippen LogP contribution is 2.34. The third-order valence-corrected chi connectivity index (χ3v) is 4.45. The molecular weight excluding hydrogens is 292 g/mol. The number of benzene rings is 2. The van der Waals surface area contributed by atoms with Crippen molar-refractivity contribution in [3.8, 4) is 5.75 Å². The van der Waals surface area contributed by atoms with Gasteiger partial charge in [-0.3, -0.25) is 9.59 Å². The van der Waals surface area contributed by atoms with Crippen molar-refractivity contribution in [2.45, 2.75) is 25.7 Å². The third kappa shape index (κ3) is 2.61. The molecule has 0 fully saturated rings. The quantitative estimate of drug-likeness (QED) is 0.945. The topological polar surface area (TPSA) is 63.6 Å². The van der Waals surface area contributed by atoms with Crippen molar-refractivity contribution in [2.75, 3.05) is 7.11 Å². The molecule has 1 aliphatic carbocycles. The second kappa shape index (κ2) is 5.88. The van der Waals surface area contributed by atoms with Crippen LogP contribution in [0.25, 0.3) is 0 Å². The van der Waals surface area contributed by atoms with Crippen LogP contribution in [0.3, 0.4) is 0 Å². The standard InChI is InChI=1S/C19H18O4/c1-11(19(21)22)14-9-13-8-7-12-5-3-4-6-15(12)18(20)17(13)16(10-14)23-2/h3-6,9-11H,7-8H2,1-2H3,(H,21,22). The van der Waals surface area contributed by atoms with E-state index in [9.17, 15) is 14.7 Å². The van der Waals surface area contributed by atoms with Crippen LogP contribution < -0.4 is 4.74 Å². The lowest BCUT2D eigenvalue weighted by molar-refractivity contribution is -0.138. The number of hydrogen-bond donors (Lipinski definition) is 1. The molecule has 0 aromatic heterocycles. The Labute approximate surface area is 134 Å². The van der Waals surface area contributed by atoms with Crippen molar-refractivity contribution < 1.29 is 19.4 Å². The lowest BCUT2D eigenvalue weighted by Crippen LogP contribution is -2.11. The molecule has 3 rings (SSSR count). The van der Waals surface area contributed by atoms with Crippen molar-refractivity contribution in [1.82, 2.24) is 0 Å². The normalized spacial score (nSPS) is 14.4. The van der Waals surface area contributed by atoms with Gasteiger partial charge in [-0.15, -0.1) is 0 Å². The third-order valence-electron chi connectivity index (χ3n) is 4.45. The molecule has 23 heavy (non-hydrogen) atoms. The molecule has 0 radical (unpaired) electrons. The van der Waals surface area contributed by atoms with E-state index < -0.39 is 11.9 Å². The van der Waals surface area contributed by atoms with Crippen molar-refractivity contribution in [1.29, 1.82) is 0 Å². The molecule has 4 nitrogen and oxygen atoms in total. The smallest absolute Gasteiger partial charge is 0.310 e. The Morgan fingerprint density at radius 1 is 1.17 bits per heavy atom. The average molecular weight is 310 g/mol. The van der Waals surface area contributed by atoms with Gasteiger partial charge in [-0.25, -0.2) is 0 Å². The van der Waals surface area contributed by atoms with E-state index in [1.165, 1.54) is 7.11 Å². The molecule has 1 aliphatic rings. The highest BCUT2D eigenvalue weighted by Gasteiger charge is 2.26. The van der Waals surface area contributed by atoms with Crippen LogP contribution in [-0.4, -0.2) is 24.0 Å². The van der Waals surface area contributed by atoms with Crippen molar-refractivity contribution in [3.63, 3.8) is 0 Å². The largest absolute Gasteiger partial charge is 0.496 e. The monoisotopic (exact) mass is 310 g/mol. The first-order valence-electron chi connectivity index (χ1n) is 7.59. The number of aliphatic carboxylic acids is 1. The van der Waals surface area contributed by atoms with Crippen LogP contribution in [0.1, 0.15) is 45.5 Å². The summed E-state index contributed by atoms with van der Waals surface area (Å²) in [5.41, 5.74) is 3.78. The van der Waals surface area contributed by atoms with E-state index in [4.69, 9.17) is 4.74 Å². The number of methoxy groups -OCH3 is 1. The molecule has 0 saturated carbocycles. The van der Waals surface area contributed by atoms with Gasteiger partial charge in [0.15, 0.2) is 5.78 Å². The number of carbonyl (C=O) groups excluding carboxylic acids is 1. The Morgan fingerprint density at radius 3 is 2.57 bits per heavy atom. The Bertz CT molecular complexity index is 792. The van der Waals surface area contributed by atoms with Gasteiger partial charge < -0.3 is 9.84 Å². The number of rotatable bonds is 3. The number of carboxylic acids is 1. The molecule has 1 unspecified atom stereocenters. The lowest BCUT2D eigenvalue weighted by atomic mass is 9.92. The summed E-state index contributed by atoms with van der Waals surface area (Å²) in [6.07, 6.45) is 1.44. The molecule has 0 aliphatic heterocycles. The van der Waals surface area contributed by atoms with Crippen LogP contribution in [0.4, 0.5) is 0 Å². The number of hydrogen-bond acceptors (Lipinski definition) is 3. The zero-order valence-electron chi connectivity index (χ0n) is 13.1. The van der Waals surface area contributed by atoms with E-state index in [0.717, 1.165) is 17.5 Å². The van der Waals surface area contributed by atoms with Gasteiger partial charge in [-0.2, -0.15) is 0 Å². The molecule has 0 bridgehead atoms. The van der Waals surface area contributed by atoms with Gasteiger partial charge in [0, 0.05) is 5.56 Å². The summed E-state index contributed by atoms with van der Waals surface area (Å²) < 4.78 is 5.41. The van der Waals surface area contributed by atoms with E-state index in [0.29, 0.717) is 28.9 Å². The molecule has 118 valence electrons. The van der Waals surface area contributed by atoms with Crippen LogP contribution in [0.5, 0.6) is 5.75 Å². The van der Waals surface area contributed by atoms with Gasteiger partial charge in [0.25, 0.3) is 0 Å². The molecule has 2 aromatic carbocycles. The minimum Gasteiger partial charge on any atom is -0.496 e. The second-order valence-corrected chi connectivity index (χ2v) is 5.80. The highest BCUT2D eigenvalue weighted by molar-refractivity contribution is 6.13. The van der Waals surface area contributed by atoms with Crippen molar-refractivity contribution in [3.05, 3.63) is 64.2 Å². The molecule has 1 atom stereocenters. The van der Waals surface area contributed by atoms with Crippen LogP contribution >= 0.6 is 0 Å². The van der Waals surface area contributed by atoms with Gasteiger partial charge >= 0.3 is 5.97 Å². The fourth-order valence-electron chi connectivity index (χ4n) is 3.07. The first-order chi connectivity index (χ1) is 11.0. The first kappa shape index (κ1) is 15.3. The van der Waals surface area contributed by atoms with Gasteiger partial charge in [0.1, 0.15) is 5.75 Å². The Balaban J connectivity index is 2.18. The van der Waals surface area contributed by atoms with Gasteiger partial charge in [-0.1, -0.05) is 30.3 Å². The van der Waals surface area contributed by atoms with E-state index in [-0.39, 0.29) is 5.78 Å². The summed E-state index contributed by atoms with van der Waals surface area (Å²) >= 11 is 0. The molecule has 0 saturated heterocycles. The summed E-state index contributed by atoms with van der Waals surface area (Å²) in [4.78, 5) is 24.2. The zero-order valence-corrected chi connectivity index (χ0v) is 13.1. The highest BCUT2D eigenvalue weighted by atomic mass is 16.5. The van der Waals surface area contributed by atoms with E-state index in [1.807, 2.05) is 30.3 Å². The fraction of sp³-hybridized carbons (Fsp3) is 0.263.